The molecule has 29 heavy (non-hydrogen) atoms. The molecule has 2 heterocycles. The zero-order valence-electron chi connectivity index (χ0n) is 16.3. The Kier molecular flexibility index (Phi) is 6.45. The van der Waals surface area contributed by atoms with Gasteiger partial charge in [0.15, 0.2) is 0 Å². The van der Waals surface area contributed by atoms with Crippen LogP contribution < -0.4 is 15.4 Å². The lowest BCUT2D eigenvalue weighted by molar-refractivity contribution is 0.0515. The van der Waals surface area contributed by atoms with Gasteiger partial charge < -0.3 is 19.4 Å². The number of methoxy groups -OCH3 is 1. The van der Waals surface area contributed by atoms with E-state index in [1.807, 2.05) is 24.3 Å². The van der Waals surface area contributed by atoms with E-state index >= 15 is 0 Å². The van der Waals surface area contributed by atoms with Gasteiger partial charge in [-0.15, -0.1) is 10.2 Å². The van der Waals surface area contributed by atoms with Gasteiger partial charge in [0.25, 0.3) is 0 Å². The van der Waals surface area contributed by atoms with Crippen LogP contribution in [0.1, 0.15) is 28.0 Å². The third kappa shape index (κ3) is 5.32. The number of nitrogens with zero attached hydrogens (tertiary/aromatic N) is 3. The van der Waals surface area contributed by atoms with Gasteiger partial charge in [-0.2, -0.15) is 0 Å². The molecule has 152 valence electrons. The molecule has 0 aliphatic heterocycles. The number of aromatic nitrogens is 3. The first-order chi connectivity index (χ1) is 14.0. The number of rotatable bonds is 7. The number of hydrogen-bond acceptors (Lipinski definition) is 7. The minimum Gasteiger partial charge on any atom is -0.497 e. The molecule has 0 bridgehead atoms. The predicted molar refractivity (Wildman–Crippen MR) is 110 cm³/mol. The van der Waals surface area contributed by atoms with Crippen LogP contribution in [0.5, 0.6) is 5.75 Å². The highest BCUT2D eigenvalue weighted by Gasteiger charge is 2.15. The highest BCUT2D eigenvalue weighted by Crippen LogP contribution is 2.21. The molecule has 0 radical (unpaired) electrons. The van der Waals surface area contributed by atoms with Gasteiger partial charge >= 0.3 is 12.0 Å². The summed E-state index contributed by atoms with van der Waals surface area (Å²) in [4.78, 5) is 24.1. The predicted octanol–water partition coefficient (Wildman–Crippen LogP) is 3.30. The van der Waals surface area contributed by atoms with Crippen molar-refractivity contribution in [3.63, 3.8) is 0 Å². The number of carbonyl (C=O) groups is 2. The second-order valence-corrected chi connectivity index (χ2v) is 7.12. The first-order valence-electron chi connectivity index (χ1n) is 8.85. The minimum absolute atomic E-state index is 0.280. The average molecular weight is 415 g/mol. The maximum Gasteiger partial charge on any atom is 0.355 e. The van der Waals surface area contributed by atoms with Gasteiger partial charge in [0.05, 0.1) is 19.4 Å². The zero-order chi connectivity index (χ0) is 20.8. The summed E-state index contributed by atoms with van der Waals surface area (Å²) in [5, 5.41) is 14.6. The highest BCUT2D eigenvalue weighted by atomic mass is 32.1. The molecule has 0 atom stereocenters. The summed E-state index contributed by atoms with van der Waals surface area (Å²) in [7, 11) is 3.32. The molecule has 10 heteroatoms. The third-order valence-electron chi connectivity index (χ3n) is 3.92. The van der Waals surface area contributed by atoms with Crippen molar-refractivity contribution in [2.75, 3.05) is 24.4 Å². The van der Waals surface area contributed by atoms with Gasteiger partial charge in [-0.3, -0.25) is 5.32 Å². The Morgan fingerprint density at radius 2 is 2.03 bits per heavy atom. The van der Waals surface area contributed by atoms with Crippen LogP contribution in [0, 0.1) is 0 Å². The van der Waals surface area contributed by atoms with Crippen molar-refractivity contribution in [2.24, 2.45) is 7.05 Å². The topological polar surface area (TPSA) is 107 Å². The minimum atomic E-state index is -0.477. The fraction of sp³-hybridized carbons (Fsp3) is 0.263. The number of aryl methyl sites for hydroxylation is 1. The smallest absolute Gasteiger partial charge is 0.355 e. The van der Waals surface area contributed by atoms with Gasteiger partial charge in [0.1, 0.15) is 16.5 Å². The summed E-state index contributed by atoms with van der Waals surface area (Å²) in [6.07, 6.45) is 2.21. The Balaban J connectivity index is 1.59. The largest absolute Gasteiger partial charge is 0.497 e. The lowest BCUT2D eigenvalue weighted by atomic mass is 10.1. The summed E-state index contributed by atoms with van der Waals surface area (Å²) in [6.45, 7) is 2.01. The van der Waals surface area contributed by atoms with Crippen LogP contribution >= 0.6 is 11.3 Å². The molecule has 0 saturated carbocycles. The number of amides is 2. The van der Waals surface area contributed by atoms with E-state index in [2.05, 4.69) is 20.8 Å². The average Bonchev–Trinajstić information content (AvgIpc) is 3.28. The zero-order valence-corrected chi connectivity index (χ0v) is 17.1. The Morgan fingerprint density at radius 3 is 2.79 bits per heavy atom. The number of urea groups is 1. The first-order valence-corrected chi connectivity index (χ1v) is 9.67. The second kappa shape index (κ2) is 9.20. The van der Waals surface area contributed by atoms with E-state index in [9.17, 15) is 9.59 Å². The van der Waals surface area contributed by atoms with Gasteiger partial charge in [0.2, 0.25) is 5.13 Å². The summed E-state index contributed by atoms with van der Waals surface area (Å²) < 4.78 is 11.8. The standard InChI is InChI=1S/C19H21N5O4S/c1-4-28-17(25)15-10-13(11-24(15)2)20-18(26)21-19-23-22-16(29-19)9-12-6-5-7-14(8-12)27-3/h5-8,10-11H,4,9H2,1-3H3,(H2,20,21,23,26). The molecule has 0 saturated heterocycles. The summed E-state index contributed by atoms with van der Waals surface area (Å²) in [5.41, 5.74) is 1.85. The summed E-state index contributed by atoms with van der Waals surface area (Å²) in [5.74, 6) is 0.324. The van der Waals surface area contributed by atoms with Gasteiger partial charge in [-0.05, 0) is 30.7 Å². The van der Waals surface area contributed by atoms with Crippen molar-refractivity contribution in [1.82, 2.24) is 14.8 Å². The molecule has 2 N–H and O–H groups in total. The van der Waals surface area contributed by atoms with E-state index in [4.69, 9.17) is 9.47 Å². The van der Waals surface area contributed by atoms with E-state index in [1.165, 1.54) is 11.3 Å². The molecular weight excluding hydrogens is 394 g/mol. The lowest BCUT2D eigenvalue weighted by Crippen LogP contribution is -2.19. The molecule has 2 amide bonds. The fourth-order valence-electron chi connectivity index (χ4n) is 2.63. The Bertz CT molecular complexity index is 1010. The molecule has 0 spiro atoms. The van der Waals surface area contributed by atoms with Crippen molar-refractivity contribution < 1.29 is 19.1 Å². The van der Waals surface area contributed by atoms with Crippen molar-refractivity contribution in [3.8, 4) is 5.75 Å². The molecule has 2 aromatic heterocycles. The number of benzene rings is 1. The van der Waals surface area contributed by atoms with Crippen LogP contribution in [0.4, 0.5) is 15.6 Å². The van der Waals surface area contributed by atoms with Crippen LogP contribution in [0.25, 0.3) is 0 Å². The monoisotopic (exact) mass is 415 g/mol. The fourth-order valence-corrected chi connectivity index (χ4v) is 3.40. The lowest BCUT2D eigenvalue weighted by Gasteiger charge is -2.02. The van der Waals surface area contributed by atoms with Crippen LogP contribution in [0.15, 0.2) is 36.5 Å². The van der Waals surface area contributed by atoms with Gasteiger partial charge in [-0.25, -0.2) is 9.59 Å². The first kappa shape index (κ1) is 20.3. The van der Waals surface area contributed by atoms with Crippen molar-refractivity contribution >= 4 is 34.2 Å². The Morgan fingerprint density at radius 1 is 1.21 bits per heavy atom. The highest BCUT2D eigenvalue weighted by molar-refractivity contribution is 7.15. The summed E-state index contributed by atoms with van der Waals surface area (Å²) in [6, 6.07) is 8.75. The number of ether oxygens (including phenoxy) is 2. The Hall–Kier alpha value is -3.40. The number of carbonyl (C=O) groups excluding carboxylic acids is 2. The normalized spacial score (nSPS) is 10.4. The van der Waals surface area contributed by atoms with E-state index < -0.39 is 12.0 Å². The number of anilines is 2. The van der Waals surface area contributed by atoms with Crippen molar-refractivity contribution in [2.45, 2.75) is 13.3 Å². The molecule has 3 aromatic rings. The number of nitrogens with one attached hydrogen (secondary N) is 2. The molecular formula is C19H21N5O4S. The molecule has 0 aliphatic rings. The van der Waals surface area contributed by atoms with Gasteiger partial charge in [-0.1, -0.05) is 23.5 Å². The molecule has 9 nitrogen and oxygen atoms in total. The maximum absolute atomic E-state index is 12.2. The van der Waals surface area contributed by atoms with Crippen molar-refractivity contribution in [1.29, 1.82) is 0 Å². The van der Waals surface area contributed by atoms with Crippen LogP contribution in [0.3, 0.4) is 0 Å². The van der Waals surface area contributed by atoms with Crippen molar-refractivity contribution in [3.05, 3.63) is 52.8 Å². The van der Waals surface area contributed by atoms with E-state index in [0.29, 0.717) is 22.9 Å². The van der Waals surface area contributed by atoms with E-state index in [-0.39, 0.29) is 6.61 Å². The molecule has 1 aromatic carbocycles. The van der Waals surface area contributed by atoms with Gasteiger partial charge in [0, 0.05) is 19.7 Å². The Labute approximate surface area is 171 Å². The third-order valence-corrected chi connectivity index (χ3v) is 4.76. The molecule has 0 fully saturated rings. The molecule has 0 unspecified atom stereocenters. The van der Waals surface area contributed by atoms with Crippen LogP contribution in [-0.2, 0) is 18.2 Å². The van der Waals surface area contributed by atoms with Crippen LogP contribution in [0.2, 0.25) is 0 Å². The van der Waals surface area contributed by atoms with E-state index in [0.717, 1.165) is 16.3 Å². The summed E-state index contributed by atoms with van der Waals surface area (Å²) >= 11 is 1.29. The molecule has 0 aliphatic carbocycles. The number of hydrogen-bond donors (Lipinski definition) is 2. The molecule has 3 rings (SSSR count). The van der Waals surface area contributed by atoms with E-state index in [1.54, 1.807) is 37.9 Å². The number of esters is 1. The quantitative estimate of drug-likeness (QED) is 0.574. The van der Waals surface area contributed by atoms with Crippen LogP contribution in [-0.4, -0.2) is 40.5 Å². The second-order valence-electron chi connectivity index (χ2n) is 6.05. The maximum atomic E-state index is 12.2. The SMILES string of the molecule is CCOC(=O)c1cc(NC(=O)Nc2nnc(Cc3cccc(OC)c3)s2)cn1C.